The number of amides is 1. The predicted octanol–water partition coefficient (Wildman–Crippen LogP) is -0.706. The van der Waals surface area contributed by atoms with Crippen LogP contribution in [0.5, 0.6) is 5.88 Å². The van der Waals surface area contributed by atoms with Crippen LogP contribution in [0, 0.1) is 0 Å². The van der Waals surface area contributed by atoms with E-state index in [4.69, 9.17) is 4.74 Å². The number of ether oxygens (including phenoxy) is 1. The molecule has 0 N–H and O–H groups in total. The number of rotatable bonds is 4. The van der Waals surface area contributed by atoms with E-state index in [1.165, 1.54) is 22.5 Å². The monoisotopic (exact) mass is 399 g/mol. The Balaban J connectivity index is 1.52. The normalized spacial score (nSPS) is 16.9. The summed E-state index contributed by atoms with van der Waals surface area (Å²) in [4.78, 5) is 43.3. The van der Waals surface area contributed by atoms with Crippen molar-refractivity contribution in [3.05, 3.63) is 45.5 Å². The average Bonchev–Trinajstić information content (AvgIpc) is 3.15. The quantitative estimate of drug-likeness (QED) is 0.569. The van der Waals surface area contributed by atoms with Gasteiger partial charge in [-0.15, -0.1) is 5.10 Å². The number of hydrogen-bond donors (Lipinski definition) is 0. The molecule has 1 fully saturated rings. The molecule has 0 spiro atoms. The van der Waals surface area contributed by atoms with Gasteiger partial charge in [0.1, 0.15) is 12.6 Å². The molecule has 0 bridgehead atoms. The topological polar surface area (TPSA) is 117 Å². The molecular weight excluding hydrogens is 378 g/mol. The van der Waals surface area contributed by atoms with Crippen LogP contribution in [0.1, 0.15) is 12.8 Å². The molecule has 11 heteroatoms. The average molecular weight is 399 g/mol. The van der Waals surface area contributed by atoms with E-state index in [1.807, 2.05) is 0 Å². The van der Waals surface area contributed by atoms with Crippen LogP contribution in [0.2, 0.25) is 0 Å². The fourth-order valence-electron chi connectivity index (χ4n) is 3.54. The molecule has 0 radical (unpaired) electrons. The first-order chi connectivity index (χ1) is 14.0. The molecule has 11 nitrogen and oxygen atoms in total. The molecule has 1 saturated heterocycles. The van der Waals surface area contributed by atoms with Gasteiger partial charge in [0.2, 0.25) is 11.8 Å². The molecule has 3 aromatic rings. The maximum Gasteiger partial charge on any atom is 0.332 e. The molecular formula is C18H21N7O4. The highest BCUT2D eigenvalue weighted by Crippen LogP contribution is 2.17. The third-order valence-electron chi connectivity index (χ3n) is 5.09. The summed E-state index contributed by atoms with van der Waals surface area (Å²) in [6.07, 6.45) is 4.44. The third kappa shape index (κ3) is 3.50. The van der Waals surface area contributed by atoms with Crippen LogP contribution in [0.3, 0.4) is 0 Å². The highest BCUT2D eigenvalue weighted by atomic mass is 16.5. The SMILES string of the molecule is Cn1c(=O)c2c(ncn2CC(=O)N2CCCC(Oc3cccnn3)C2)n(C)c1=O. The fraction of sp³-hybridized carbons (Fsp3) is 0.444. The second kappa shape index (κ2) is 7.49. The minimum atomic E-state index is -0.476. The molecule has 1 amide bonds. The lowest BCUT2D eigenvalue weighted by Crippen LogP contribution is -2.45. The molecule has 1 unspecified atom stereocenters. The Morgan fingerprint density at radius 1 is 1.28 bits per heavy atom. The van der Waals surface area contributed by atoms with Crippen molar-refractivity contribution in [1.29, 1.82) is 0 Å². The van der Waals surface area contributed by atoms with E-state index in [-0.39, 0.29) is 29.7 Å². The van der Waals surface area contributed by atoms with Crippen molar-refractivity contribution in [1.82, 2.24) is 33.8 Å². The number of carbonyl (C=O) groups is 1. The lowest BCUT2D eigenvalue weighted by atomic mass is 10.1. The van der Waals surface area contributed by atoms with E-state index in [0.29, 0.717) is 19.0 Å². The number of hydrogen-bond acceptors (Lipinski definition) is 7. The summed E-state index contributed by atoms with van der Waals surface area (Å²) in [6, 6.07) is 3.47. The molecule has 1 aliphatic heterocycles. The Bertz CT molecular complexity index is 1160. The molecule has 29 heavy (non-hydrogen) atoms. The van der Waals surface area contributed by atoms with Gasteiger partial charge >= 0.3 is 5.69 Å². The maximum atomic E-state index is 12.9. The first kappa shape index (κ1) is 18.8. The highest BCUT2D eigenvalue weighted by molar-refractivity contribution is 5.79. The number of aromatic nitrogens is 6. The van der Waals surface area contributed by atoms with Gasteiger partial charge in [0.15, 0.2) is 11.2 Å². The zero-order valence-electron chi connectivity index (χ0n) is 16.2. The summed E-state index contributed by atoms with van der Waals surface area (Å²) in [5.74, 6) is 0.282. The molecule has 0 aliphatic carbocycles. The van der Waals surface area contributed by atoms with Gasteiger partial charge in [-0.05, 0) is 18.9 Å². The van der Waals surface area contributed by atoms with Gasteiger partial charge < -0.3 is 14.2 Å². The summed E-state index contributed by atoms with van der Waals surface area (Å²) < 4.78 is 9.63. The highest BCUT2D eigenvalue weighted by Gasteiger charge is 2.26. The fourth-order valence-corrected chi connectivity index (χ4v) is 3.54. The van der Waals surface area contributed by atoms with Crippen LogP contribution in [-0.2, 0) is 25.4 Å². The number of likely N-dealkylation sites (tertiary alicyclic amines) is 1. The predicted molar refractivity (Wildman–Crippen MR) is 102 cm³/mol. The number of fused-ring (bicyclic) bond motifs is 1. The Morgan fingerprint density at radius 2 is 2.10 bits per heavy atom. The zero-order chi connectivity index (χ0) is 20.5. The Hall–Kier alpha value is -3.50. The van der Waals surface area contributed by atoms with Crippen molar-refractivity contribution in [3.63, 3.8) is 0 Å². The van der Waals surface area contributed by atoms with E-state index >= 15 is 0 Å². The second-order valence-electron chi connectivity index (χ2n) is 7.03. The smallest absolute Gasteiger partial charge is 0.332 e. The van der Waals surface area contributed by atoms with E-state index in [2.05, 4.69) is 15.2 Å². The molecule has 3 aromatic heterocycles. The Labute approximate surface area is 165 Å². The molecule has 4 rings (SSSR count). The lowest BCUT2D eigenvalue weighted by Gasteiger charge is -2.32. The Morgan fingerprint density at radius 3 is 2.86 bits per heavy atom. The minimum absolute atomic E-state index is 0.0399. The number of nitrogens with zero attached hydrogens (tertiary/aromatic N) is 7. The van der Waals surface area contributed by atoms with Crippen LogP contribution >= 0.6 is 0 Å². The van der Waals surface area contributed by atoms with Gasteiger partial charge in [-0.2, -0.15) is 5.10 Å². The van der Waals surface area contributed by atoms with Crippen LogP contribution < -0.4 is 16.0 Å². The first-order valence-corrected chi connectivity index (χ1v) is 9.28. The Kier molecular flexibility index (Phi) is 4.87. The zero-order valence-corrected chi connectivity index (χ0v) is 16.2. The minimum Gasteiger partial charge on any atom is -0.471 e. The summed E-state index contributed by atoms with van der Waals surface area (Å²) in [7, 11) is 2.95. The number of piperidine rings is 1. The molecule has 152 valence electrons. The van der Waals surface area contributed by atoms with E-state index in [1.54, 1.807) is 30.3 Å². The van der Waals surface area contributed by atoms with Crippen LogP contribution in [0.4, 0.5) is 0 Å². The van der Waals surface area contributed by atoms with Gasteiger partial charge in [0.05, 0.1) is 12.9 Å². The van der Waals surface area contributed by atoms with Crippen molar-refractivity contribution >= 4 is 17.1 Å². The number of carbonyl (C=O) groups excluding carboxylic acids is 1. The maximum absolute atomic E-state index is 12.9. The standard InChI is InChI=1S/C18H21N7O4/c1-22-16-15(17(27)23(2)18(22)28)25(11-19-16)10-14(26)24-8-4-5-12(9-24)29-13-6-3-7-20-21-13/h3,6-7,11-12H,4-5,8-10H2,1-2H3. The first-order valence-electron chi connectivity index (χ1n) is 9.28. The van der Waals surface area contributed by atoms with E-state index in [0.717, 1.165) is 17.4 Å². The largest absolute Gasteiger partial charge is 0.471 e. The van der Waals surface area contributed by atoms with E-state index in [9.17, 15) is 14.4 Å². The number of aryl methyl sites for hydroxylation is 1. The van der Waals surface area contributed by atoms with Crippen molar-refractivity contribution in [2.75, 3.05) is 13.1 Å². The van der Waals surface area contributed by atoms with Crippen LogP contribution in [0.25, 0.3) is 11.2 Å². The summed E-state index contributed by atoms with van der Waals surface area (Å²) >= 11 is 0. The third-order valence-corrected chi connectivity index (χ3v) is 5.09. The molecule has 4 heterocycles. The van der Waals surface area contributed by atoms with Crippen molar-refractivity contribution in [2.45, 2.75) is 25.5 Å². The van der Waals surface area contributed by atoms with Crippen molar-refractivity contribution < 1.29 is 9.53 Å². The molecule has 0 aromatic carbocycles. The van der Waals surface area contributed by atoms with Crippen molar-refractivity contribution in [2.24, 2.45) is 14.1 Å². The van der Waals surface area contributed by atoms with Gasteiger partial charge in [-0.1, -0.05) is 0 Å². The van der Waals surface area contributed by atoms with Gasteiger partial charge in [0, 0.05) is 32.9 Å². The van der Waals surface area contributed by atoms with Crippen LogP contribution in [-0.4, -0.2) is 58.9 Å². The van der Waals surface area contributed by atoms with E-state index < -0.39 is 11.2 Å². The summed E-state index contributed by atoms with van der Waals surface area (Å²) in [6.45, 7) is 1.00. The summed E-state index contributed by atoms with van der Waals surface area (Å²) in [5.41, 5.74) is -0.448. The molecule has 0 saturated carbocycles. The van der Waals surface area contributed by atoms with Gasteiger partial charge in [-0.25, -0.2) is 9.78 Å². The van der Waals surface area contributed by atoms with Crippen LogP contribution in [0.15, 0.2) is 34.2 Å². The van der Waals surface area contributed by atoms with Gasteiger partial charge in [0.25, 0.3) is 5.56 Å². The number of imidazole rings is 1. The lowest BCUT2D eigenvalue weighted by molar-refractivity contribution is -0.134. The molecule has 1 atom stereocenters. The van der Waals surface area contributed by atoms with Gasteiger partial charge in [-0.3, -0.25) is 18.7 Å². The molecule has 1 aliphatic rings. The second-order valence-corrected chi connectivity index (χ2v) is 7.03. The van der Waals surface area contributed by atoms with Crippen molar-refractivity contribution in [3.8, 4) is 5.88 Å². The summed E-state index contributed by atoms with van der Waals surface area (Å²) in [5, 5.41) is 7.71.